The fraction of sp³-hybridized carbons (Fsp3) is 0.273. The van der Waals surface area contributed by atoms with Crippen molar-refractivity contribution in [2.24, 2.45) is 0 Å². The Hall–Kier alpha value is 1.03. The number of para-hydroxylation sites is 1. The molecule has 0 saturated heterocycles. The van der Waals surface area contributed by atoms with Crippen LogP contribution in [0.25, 0.3) is 0 Å². The molecule has 92 valence electrons. The number of rotatable bonds is 6. The van der Waals surface area contributed by atoms with Crippen LogP contribution in [0.15, 0.2) is 18.2 Å². The fourth-order valence-electron chi connectivity index (χ4n) is 1.34. The number of anilines is 1. The maximum Gasteiger partial charge on any atom is 1.00 e. The van der Waals surface area contributed by atoms with E-state index in [1.165, 1.54) is 6.07 Å². The van der Waals surface area contributed by atoms with Gasteiger partial charge in [-0.3, -0.25) is 0 Å². The third kappa shape index (κ3) is 8.81. The molecule has 0 aliphatic rings. The van der Waals surface area contributed by atoms with E-state index in [2.05, 4.69) is 5.32 Å². The normalized spacial score (nSPS) is 8.84. The van der Waals surface area contributed by atoms with Gasteiger partial charge in [-0.15, -0.1) is 0 Å². The summed E-state index contributed by atoms with van der Waals surface area (Å²) in [5.41, 5.74) is 0.641. The zero-order valence-corrected chi connectivity index (χ0v) is 17.2. The van der Waals surface area contributed by atoms with Crippen molar-refractivity contribution in [3.05, 3.63) is 23.8 Å². The molecule has 1 rings (SSSR count). The SMILES string of the molecule is O=C([O-])CCc1cccc(NCC(=O)[O-])c1O.[K+].[K+]. The first kappa shape index (κ1) is 22.3. The molecule has 0 atom stereocenters. The van der Waals surface area contributed by atoms with Crippen molar-refractivity contribution >= 4 is 17.6 Å². The summed E-state index contributed by atoms with van der Waals surface area (Å²) in [4.78, 5) is 20.5. The second-order valence-corrected chi connectivity index (χ2v) is 3.41. The molecule has 19 heavy (non-hydrogen) atoms. The molecule has 2 N–H and O–H groups in total. The molecule has 1 aromatic rings. The van der Waals surface area contributed by atoms with E-state index < -0.39 is 18.5 Å². The van der Waals surface area contributed by atoms with Gasteiger partial charge >= 0.3 is 103 Å². The van der Waals surface area contributed by atoms with Crippen molar-refractivity contribution < 1.29 is 128 Å². The number of hydrogen-bond donors (Lipinski definition) is 2. The van der Waals surface area contributed by atoms with Gasteiger partial charge in [-0.25, -0.2) is 0 Å². The topological polar surface area (TPSA) is 113 Å². The first-order valence-corrected chi connectivity index (χ1v) is 4.95. The predicted octanol–water partition coefficient (Wildman–Crippen LogP) is -7.76. The van der Waals surface area contributed by atoms with Crippen LogP contribution in [0.1, 0.15) is 12.0 Å². The Morgan fingerprint density at radius 3 is 2.32 bits per heavy atom. The van der Waals surface area contributed by atoms with Crippen molar-refractivity contribution in [3.63, 3.8) is 0 Å². The Balaban J connectivity index is 0. The number of phenolic OH excluding ortho intramolecular Hbond substituents is 1. The summed E-state index contributed by atoms with van der Waals surface area (Å²) in [7, 11) is 0. The summed E-state index contributed by atoms with van der Waals surface area (Å²) in [6.07, 6.45) is -0.0908. The van der Waals surface area contributed by atoms with Crippen molar-refractivity contribution in [1.82, 2.24) is 0 Å². The van der Waals surface area contributed by atoms with Crippen LogP contribution in [0, 0.1) is 0 Å². The molecule has 0 saturated carbocycles. The third-order valence-corrected chi connectivity index (χ3v) is 2.14. The molecular formula is C11H11K2NO5. The summed E-state index contributed by atoms with van der Waals surface area (Å²) < 4.78 is 0. The van der Waals surface area contributed by atoms with Crippen molar-refractivity contribution in [2.75, 3.05) is 11.9 Å². The first-order chi connectivity index (χ1) is 8.00. The van der Waals surface area contributed by atoms with E-state index in [0.717, 1.165) is 0 Å². The first-order valence-electron chi connectivity index (χ1n) is 4.95. The van der Waals surface area contributed by atoms with Crippen molar-refractivity contribution in [1.29, 1.82) is 0 Å². The summed E-state index contributed by atoms with van der Waals surface area (Å²) in [5, 5.41) is 32.7. The minimum absolute atomic E-state index is 0. The monoisotopic (exact) mass is 315 g/mol. The van der Waals surface area contributed by atoms with Gasteiger partial charge in [0.1, 0.15) is 5.75 Å². The molecule has 1 aromatic carbocycles. The van der Waals surface area contributed by atoms with Gasteiger partial charge in [0, 0.05) is 5.97 Å². The van der Waals surface area contributed by atoms with E-state index in [0.29, 0.717) is 5.56 Å². The predicted molar refractivity (Wildman–Crippen MR) is 54.9 cm³/mol. The second kappa shape index (κ2) is 11.7. The molecule has 6 nitrogen and oxygen atoms in total. The van der Waals surface area contributed by atoms with Crippen LogP contribution in [-0.2, 0) is 16.0 Å². The number of carboxylic acids is 2. The molecule has 0 spiro atoms. The minimum atomic E-state index is -1.30. The fourth-order valence-corrected chi connectivity index (χ4v) is 1.34. The number of aryl methyl sites for hydroxylation is 1. The van der Waals surface area contributed by atoms with E-state index >= 15 is 0 Å². The maximum atomic E-state index is 10.3. The molecule has 0 radical (unpaired) electrons. The van der Waals surface area contributed by atoms with Crippen LogP contribution in [-0.4, -0.2) is 23.6 Å². The Morgan fingerprint density at radius 1 is 1.16 bits per heavy atom. The van der Waals surface area contributed by atoms with E-state index in [1.54, 1.807) is 12.1 Å². The number of nitrogens with one attached hydrogen (secondary N) is 1. The molecule has 0 fully saturated rings. The molecule has 0 bridgehead atoms. The molecule has 0 aliphatic carbocycles. The number of carbonyl (C=O) groups is 2. The smallest absolute Gasteiger partial charge is 0.550 e. The quantitative estimate of drug-likeness (QED) is 0.398. The Kier molecular flexibility index (Phi) is 13.7. The van der Waals surface area contributed by atoms with E-state index in [9.17, 15) is 24.9 Å². The van der Waals surface area contributed by atoms with Crippen LogP contribution in [0.3, 0.4) is 0 Å². The van der Waals surface area contributed by atoms with Gasteiger partial charge in [0.05, 0.1) is 18.2 Å². The van der Waals surface area contributed by atoms with Crippen LogP contribution in [0.4, 0.5) is 5.69 Å². The van der Waals surface area contributed by atoms with E-state index in [4.69, 9.17) is 0 Å². The van der Waals surface area contributed by atoms with Crippen LogP contribution >= 0.6 is 0 Å². The number of aliphatic carboxylic acids is 2. The number of carboxylic acid groups (broad SMARTS) is 2. The molecule has 0 heterocycles. The summed E-state index contributed by atoms with van der Waals surface area (Å²) >= 11 is 0. The zero-order valence-electron chi connectivity index (χ0n) is 10.9. The van der Waals surface area contributed by atoms with Gasteiger partial charge in [-0.1, -0.05) is 12.1 Å². The zero-order chi connectivity index (χ0) is 12.8. The largest absolute Gasteiger partial charge is 1.00 e. The Bertz CT molecular complexity index is 403. The Labute approximate surface area is 195 Å². The molecule has 0 aromatic heterocycles. The van der Waals surface area contributed by atoms with Gasteiger partial charge < -0.3 is 30.2 Å². The van der Waals surface area contributed by atoms with Crippen LogP contribution in [0.2, 0.25) is 0 Å². The standard InChI is InChI=1S/C11H13NO5.2K/c13-9(14)5-4-7-2-1-3-8(11(7)17)12-6-10(15)16;;/h1-3,12,17H,4-6H2,(H,13,14)(H,15,16);;/q;2*+1/p-2. The maximum absolute atomic E-state index is 10.3. The van der Waals surface area contributed by atoms with Crippen LogP contribution in [0.5, 0.6) is 5.75 Å². The summed E-state index contributed by atoms with van der Waals surface area (Å²) in [5.74, 6) is -2.67. The van der Waals surface area contributed by atoms with Crippen molar-refractivity contribution in [2.45, 2.75) is 12.8 Å². The minimum Gasteiger partial charge on any atom is -0.550 e. The van der Waals surface area contributed by atoms with Gasteiger partial charge in [0.15, 0.2) is 0 Å². The number of benzene rings is 1. The molecule has 8 heteroatoms. The van der Waals surface area contributed by atoms with Crippen molar-refractivity contribution in [3.8, 4) is 5.75 Å². The van der Waals surface area contributed by atoms with Gasteiger partial charge in [0.2, 0.25) is 0 Å². The molecule has 0 unspecified atom stereocenters. The summed E-state index contributed by atoms with van der Waals surface area (Å²) in [6.45, 7) is -0.433. The number of phenols is 1. The van der Waals surface area contributed by atoms with Gasteiger partial charge in [0.25, 0.3) is 0 Å². The Morgan fingerprint density at radius 2 is 1.79 bits per heavy atom. The molecular weight excluding hydrogens is 304 g/mol. The number of carbonyl (C=O) groups excluding carboxylic acids is 2. The second-order valence-electron chi connectivity index (χ2n) is 3.41. The summed E-state index contributed by atoms with van der Waals surface area (Å²) in [6, 6.07) is 4.63. The van der Waals surface area contributed by atoms with Gasteiger partial charge in [-0.05, 0) is 24.5 Å². The number of aromatic hydroxyl groups is 1. The third-order valence-electron chi connectivity index (χ3n) is 2.14. The van der Waals surface area contributed by atoms with E-state index in [1.807, 2.05) is 0 Å². The molecule has 0 amide bonds. The number of hydrogen-bond acceptors (Lipinski definition) is 6. The average molecular weight is 315 g/mol. The average Bonchev–Trinajstić information content (AvgIpc) is 2.25. The van der Waals surface area contributed by atoms with Gasteiger partial charge in [-0.2, -0.15) is 0 Å². The van der Waals surface area contributed by atoms with Crippen LogP contribution < -0.4 is 118 Å². The molecule has 0 aliphatic heterocycles. The van der Waals surface area contributed by atoms with E-state index in [-0.39, 0.29) is 127 Å².